The SMILES string of the molecule is O=C(c1ccc(N2CCCC2)nn1)N1CCO[C@H]2CCCC[C@H]21. The molecule has 1 aliphatic carbocycles. The largest absolute Gasteiger partial charge is 0.374 e. The summed E-state index contributed by atoms with van der Waals surface area (Å²) in [6.45, 7) is 3.37. The highest BCUT2D eigenvalue weighted by Crippen LogP contribution is 2.29. The van der Waals surface area contributed by atoms with E-state index in [2.05, 4.69) is 15.1 Å². The minimum atomic E-state index is 0.00525. The van der Waals surface area contributed by atoms with Gasteiger partial charge in [0.25, 0.3) is 5.91 Å². The number of hydrogen-bond acceptors (Lipinski definition) is 5. The van der Waals surface area contributed by atoms with Crippen LogP contribution in [-0.2, 0) is 4.74 Å². The van der Waals surface area contributed by atoms with Gasteiger partial charge in [-0.15, -0.1) is 10.2 Å². The van der Waals surface area contributed by atoms with E-state index in [9.17, 15) is 4.79 Å². The van der Waals surface area contributed by atoms with Crippen LogP contribution >= 0.6 is 0 Å². The first kappa shape index (κ1) is 14.9. The number of carbonyl (C=O) groups excluding carboxylic acids is 1. The highest BCUT2D eigenvalue weighted by molar-refractivity contribution is 5.92. The van der Waals surface area contributed by atoms with Gasteiger partial charge in [-0.25, -0.2) is 0 Å². The Morgan fingerprint density at radius 2 is 1.87 bits per heavy atom. The molecule has 1 aromatic heterocycles. The van der Waals surface area contributed by atoms with Gasteiger partial charge in [0.1, 0.15) is 0 Å². The summed E-state index contributed by atoms with van der Waals surface area (Å²) in [5.41, 5.74) is 0.458. The zero-order valence-corrected chi connectivity index (χ0v) is 13.5. The molecule has 3 fully saturated rings. The lowest BCUT2D eigenvalue weighted by molar-refractivity contribution is -0.0754. The lowest BCUT2D eigenvalue weighted by Crippen LogP contribution is -2.55. The van der Waals surface area contributed by atoms with Crippen molar-refractivity contribution in [2.75, 3.05) is 31.1 Å². The summed E-state index contributed by atoms with van der Waals surface area (Å²) >= 11 is 0. The number of carbonyl (C=O) groups is 1. The van der Waals surface area contributed by atoms with E-state index in [1.54, 1.807) is 0 Å². The number of morpholine rings is 1. The van der Waals surface area contributed by atoms with Crippen LogP contribution in [0.4, 0.5) is 5.82 Å². The van der Waals surface area contributed by atoms with Gasteiger partial charge >= 0.3 is 0 Å². The second-order valence-electron chi connectivity index (χ2n) is 6.73. The van der Waals surface area contributed by atoms with E-state index >= 15 is 0 Å². The molecule has 1 aromatic rings. The minimum Gasteiger partial charge on any atom is -0.374 e. The maximum Gasteiger partial charge on any atom is 0.274 e. The highest BCUT2D eigenvalue weighted by atomic mass is 16.5. The molecule has 6 heteroatoms. The molecule has 0 unspecified atom stereocenters. The Bertz CT molecular complexity index is 554. The fraction of sp³-hybridized carbons (Fsp3) is 0.706. The number of aromatic nitrogens is 2. The van der Waals surface area contributed by atoms with E-state index in [0.717, 1.165) is 31.7 Å². The first-order chi connectivity index (χ1) is 11.3. The summed E-state index contributed by atoms with van der Waals surface area (Å²) in [6.07, 6.45) is 7.10. The number of fused-ring (bicyclic) bond motifs is 1. The molecule has 3 heterocycles. The molecule has 4 rings (SSSR count). The van der Waals surface area contributed by atoms with Crippen molar-refractivity contribution in [3.05, 3.63) is 17.8 Å². The fourth-order valence-electron chi connectivity index (χ4n) is 4.05. The molecule has 0 N–H and O–H groups in total. The molecule has 3 aliphatic rings. The summed E-state index contributed by atoms with van der Waals surface area (Å²) < 4.78 is 5.85. The van der Waals surface area contributed by atoms with Gasteiger partial charge in [0.15, 0.2) is 11.5 Å². The van der Waals surface area contributed by atoms with Crippen LogP contribution in [0.15, 0.2) is 12.1 Å². The van der Waals surface area contributed by atoms with Crippen LogP contribution in [0, 0.1) is 0 Å². The molecule has 2 atom stereocenters. The molecule has 124 valence electrons. The average Bonchev–Trinajstić information content (AvgIpc) is 3.15. The third-order valence-electron chi connectivity index (χ3n) is 5.29. The zero-order chi connectivity index (χ0) is 15.6. The van der Waals surface area contributed by atoms with Crippen LogP contribution < -0.4 is 4.90 Å². The van der Waals surface area contributed by atoms with Crippen LogP contribution in [0.5, 0.6) is 0 Å². The van der Waals surface area contributed by atoms with Gasteiger partial charge in [-0.05, 0) is 37.8 Å². The fourth-order valence-corrected chi connectivity index (χ4v) is 4.05. The quantitative estimate of drug-likeness (QED) is 0.833. The maximum absolute atomic E-state index is 12.8. The van der Waals surface area contributed by atoms with E-state index in [4.69, 9.17) is 4.74 Å². The van der Waals surface area contributed by atoms with Crippen molar-refractivity contribution in [3.63, 3.8) is 0 Å². The van der Waals surface area contributed by atoms with Crippen LogP contribution in [0.1, 0.15) is 49.0 Å². The van der Waals surface area contributed by atoms with E-state index < -0.39 is 0 Å². The maximum atomic E-state index is 12.8. The topological polar surface area (TPSA) is 58.6 Å². The smallest absolute Gasteiger partial charge is 0.274 e. The third-order valence-corrected chi connectivity index (χ3v) is 5.29. The number of anilines is 1. The molecule has 2 saturated heterocycles. The Hall–Kier alpha value is -1.69. The van der Waals surface area contributed by atoms with E-state index in [1.165, 1.54) is 25.7 Å². The molecule has 2 aliphatic heterocycles. The first-order valence-corrected chi connectivity index (χ1v) is 8.84. The molecule has 6 nitrogen and oxygen atoms in total. The Kier molecular flexibility index (Phi) is 4.16. The molecular weight excluding hydrogens is 292 g/mol. The number of rotatable bonds is 2. The molecule has 0 bridgehead atoms. The van der Waals surface area contributed by atoms with Crippen molar-refractivity contribution in [2.24, 2.45) is 0 Å². The predicted molar refractivity (Wildman–Crippen MR) is 86.5 cm³/mol. The van der Waals surface area contributed by atoms with Crippen molar-refractivity contribution >= 4 is 11.7 Å². The highest BCUT2D eigenvalue weighted by Gasteiger charge is 2.37. The Balaban J connectivity index is 1.49. The van der Waals surface area contributed by atoms with Crippen LogP contribution in [0.2, 0.25) is 0 Å². The van der Waals surface area contributed by atoms with Gasteiger partial charge in [0.05, 0.1) is 18.8 Å². The van der Waals surface area contributed by atoms with Crippen molar-refractivity contribution in [1.29, 1.82) is 0 Å². The lowest BCUT2D eigenvalue weighted by atomic mass is 9.90. The van der Waals surface area contributed by atoms with Crippen LogP contribution in [0.25, 0.3) is 0 Å². The first-order valence-electron chi connectivity index (χ1n) is 8.84. The van der Waals surface area contributed by atoms with Gasteiger partial charge in [0, 0.05) is 19.6 Å². The van der Waals surface area contributed by atoms with Gasteiger partial charge in [0.2, 0.25) is 0 Å². The van der Waals surface area contributed by atoms with E-state index in [0.29, 0.717) is 18.8 Å². The van der Waals surface area contributed by atoms with Gasteiger partial charge in [-0.1, -0.05) is 12.8 Å². The minimum absolute atomic E-state index is 0.00525. The normalized spacial score (nSPS) is 27.8. The molecular formula is C17H24N4O2. The summed E-state index contributed by atoms with van der Waals surface area (Å²) in [4.78, 5) is 17.0. The average molecular weight is 316 g/mol. The van der Waals surface area contributed by atoms with Crippen molar-refractivity contribution in [1.82, 2.24) is 15.1 Å². The Morgan fingerprint density at radius 3 is 2.65 bits per heavy atom. The molecule has 0 aromatic carbocycles. The predicted octanol–water partition coefficient (Wildman–Crippen LogP) is 1.86. The monoisotopic (exact) mass is 316 g/mol. The molecule has 0 radical (unpaired) electrons. The summed E-state index contributed by atoms with van der Waals surface area (Å²) in [5.74, 6) is 0.891. The summed E-state index contributed by atoms with van der Waals surface area (Å²) in [6, 6.07) is 3.98. The van der Waals surface area contributed by atoms with Crippen LogP contribution in [-0.4, -0.2) is 59.4 Å². The van der Waals surface area contributed by atoms with Gasteiger partial charge in [-0.3, -0.25) is 4.79 Å². The molecule has 1 amide bonds. The molecule has 0 spiro atoms. The third kappa shape index (κ3) is 2.92. The molecule has 23 heavy (non-hydrogen) atoms. The Labute approximate surface area is 136 Å². The van der Waals surface area contributed by atoms with E-state index in [1.807, 2.05) is 17.0 Å². The van der Waals surface area contributed by atoms with Gasteiger partial charge < -0.3 is 14.5 Å². The second kappa shape index (κ2) is 6.43. The van der Waals surface area contributed by atoms with Gasteiger partial charge in [-0.2, -0.15) is 0 Å². The van der Waals surface area contributed by atoms with Crippen LogP contribution in [0.3, 0.4) is 0 Å². The van der Waals surface area contributed by atoms with Crippen molar-refractivity contribution < 1.29 is 9.53 Å². The number of amides is 1. The summed E-state index contributed by atoms with van der Waals surface area (Å²) in [7, 11) is 0. The molecule has 1 saturated carbocycles. The number of hydrogen-bond donors (Lipinski definition) is 0. The number of nitrogens with zero attached hydrogens (tertiary/aromatic N) is 4. The van der Waals surface area contributed by atoms with E-state index in [-0.39, 0.29) is 18.1 Å². The van der Waals surface area contributed by atoms with Crippen molar-refractivity contribution in [3.8, 4) is 0 Å². The lowest BCUT2D eigenvalue weighted by Gasteiger charge is -2.43. The van der Waals surface area contributed by atoms with Crippen molar-refractivity contribution in [2.45, 2.75) is 50.7 Å². The summed E-state index contributed by atoms with van der Waals surface area (Å²) in [5, 5.41) is 8.49. The number of ether oxygens (including phenoxy) is 1. The Morgan fingerprint density at radius 1 is 1.04 bits per heavy atom. The zero-order valence-electron chi connectivity index (χ0n) is 13.5. The standard InChI is InChI=1S/C17H24N4O2/c22-17(21-11-12-23-15-6-2-1-5-14(15)21)13-7-8-16(19-18-13)20-9-3-4-10-20/h7-8,14-15H,1-6,9-12H2/t14-,15+/m1/s1. The second-order valence-corrected chi connectivity index (χ2v) is 6.73.